The van der Waals surface area contributed by atoms with Gasteiger partial charge in [0.05, 0.1) is 0 Å². The van der Waals surface area contributed by atoms with E-state index in [1.54, 1.807) is 10.5 Å². The van der Waals surface area contributed by atoms with Crippen LogP contribution < -0.4 is 0 Å². The van der Waals surface area contributed by atoms with E-state index in [0.717, 1.165) is 5.56 Å². The molecular formula is C14H16NO5P. The first kappa shape index (κ1) is 13.6. The normalized spacial score (nSPS) is 38.8. The van der Waals surface area contributed by atoms with Crippen molar-refractivity contribution in [3.8, 4) is 0 Å². The van der Waals surface area contributed by atoms with Crippen LogP contribution in [0.2, 0.25) is 0 Å². The molecular weight excluding hydrogens is 293 g/mol. The van der Waals surface area contributed by atoms with Gasteiger partial charge in [0.25, 0.3) is 14.0 Å². The molecule has 1 aromatic carbocycles. The Morgan fingerprint density at radius 1 is 1.38 bits per heavy atom. The molecule has 0 spiro atoms. The molecule has 6 nitrogen and oxygen atoms in total. The summed E-state index contributed by atoms with van der Waals surface area (Å²) in [5.41, 5.74) is 1.09. The van der Waals surface area contributed by atoms with Crippen molar-refractivity contribution in [2.75, 3.05) is 13.7 Å². The summed E-state index contributed by atoms with van der Waals surface area (Å²) in [7, 11) is -1.54. The van der Waals surface area contributed by atoms with Gasteiger partial charge in [0.1, 0.15) is 6.04 Å². The van der Waals surface area contributed by atoms with E-state index in [0.29, 0.717) is 13.0 Å². The van der Waals surface area contributed by atoms with Gasteiger partial charge in [-0.15, -0.1) is 0 Å². The molecule has 0 aromatic heterocycles. The third-order valence-electron chi connectivity index (χ3n) is 4.03. The molecule has 5 rings (SSSR count). The van der Waals surface area contributed by atoms with E-state index in [-0.39, 0.29) is 6.04 Å². The predicted molar refractivity (Wildman–Crippen MR) is 74.2 cm³/mol. The van der Waals surface area contributed by atoms with Crippen LogP contribution in [-0.2, 0) is 29.7 Å². The summed E-state index contributed by atoms with van der Waals surface area (Å²) in [5, 5.41) is 0. The van der Waals surface area contributed by atoms with E-state index >= 15 is 0 Å². The fourth-order valence-electron chi connectivity index (χ4n) is 2.89. The maximum Gasteiger partial charge on any atom is 0.312 e. The van der Waals surface area contributed by atoms with Crippen LogP contribution in [0.3, 0.4) is 0 Å². The van der Waals surface area contributed by atoms with Gasteiger partial charge in [-0.2, -0.15) is 0 Å². The van der Waals surface area contributed by atoms with Gasteiger partial charge < -0.3 is 4.52 Å². The summed E-state index contributed by atoms with van der Waals surface area (Å²) < 4.78 is 36.3. The monoisotopic (exact) mass is 309 g/mol. The van der Waals surface area contributed by atoms with Crippen molar-refractivity contribution in [3.05, 3.63) is 47.8 Å². The van der Waals surface area contributed by atoms with Gasteiger partial charge in [0, 0.05) is 19.5 Å². The van der Waals surface area contributed by atoms with Gasteiger partial charge >= 0.3 is 5.97 Å². The zero-order chi connectivity index (χ0) is 14.5. The molecule has 112 valence electrons. The summed E-state index contributed by atoms with van der Waals surface area (Å²) in [6.07, 6.45) is 2.44. The lowest BCUT2D eigenvalue weighted by atomic mass is 10.0. The summed E-state index contributed by atoms with van der Waals surface area (Å²) in [6.45, 7) is -0.0498. The molecule has 0 radical (unpaired) electrons. The van der Waals surface area contributed by atoms with E-state index in [2.05, 4.69) is 0 Å². The van der Waals surface area contributed by atoms with Gasteiger partial charge in [-0.1, -0.05) is 36.4 Å². The minimum atomic E-state index is -2.99. The molecule has 4 heterocycles. The van der Waals surface area contributed by atoms with Crippen molar-refractivity contribution in [3.63, 3.8) is 0 Å². The van der Waals surface area contributed by atoms with Crippen molar-refractivity contribution in [1.29, 1.82) is 0 Å². The number of nitrogens with zero attached hydrogens (tertiary/aromatic N) is 1. The van der Waals surface area contributed by atoms with Crippen molar-refractivity contribution >= 4 is 7.52 Å². The quantitative estimate of drug-likeness (QED) is 0.778. The number of hydrogen-bond donors (Lipinski definition) is 0. The Labute approximate surface area is 122 Å². The number of ether oxygens (including phenoxy) is 3. The molecule has 2 unspecified atom stereocenters. The second kappa shape index (κ2) is 4.74. The zero-order valence-corrected chi connectivity index (χ0v) is 12.4. The molecule has 4 aliphatic heterocycles. The summed E-state index contributed by atoms with van der Waals surface area (Å²) in [4.78, 5) is 0. The minimum Gasteiger partial charge on any atom is -0.318 e. The van der Waals surface area contributed by atoms with Crippen molar-refractivity contribution < 1.29 is 23.3 Å². The molecule has 3 saturated heterocycles. The van der Waals surface area contributed by atoms with Gasteiger partial charge in [0.15, 0.2) is 0 Å². The maximum atomic E-state index is 12.8. The zero-order valence-electron chi connectivity index (χ0n) is 11.5. The summed E-state index contributed by atoms with van der Waals surface area (Å²) in [6, 6.07) is 9.59. The van der Waals surface area contributed by atoms with Gasteiger partial charge in [0.2, 0.25) is 0 Å². The Bertz CT molecular complexity index is 602. The van der Waals surface area contributed by atoms with E-state index < -0.39 is 20.0 Å². The number of benzene rings is 1. The first-order valence-electron chi connectivity index (χ1n) is 6.83. The van der Waals surface area contributed by atoms with Crippen LogP contribution in [0, 0.1) is 0 Å². The van der Waals surface area contributed by atoms with Crippen molar-refractivity contribution in [2.45, 2.75) is 24.9 Å². The second-order valence-electron chi connectivity index (χ2n) is 5.20. The Kier molecular flexibility index (Phi) is 3.08. The highest BCUT2D eigenvalue weighted by molar-refractivity contribution is 7.60. The van der Waals surface area contributed by atoms with Gasteiger partial charge in [-0.05, 0) is 12.0 Å². The van der Waals surface area contributed by atoms with Crippen LogP contribution in [-0.4, -0.2) is 36.8 Å². The fourth-order valence-corrected chi connectivity index (χ4v) is 4.69. The third-order valence-corrected chi connectivity index (χ3v) is 6.30. The molecule has 21 heavy (non-hydrogen) atoms. The predicted octanol–water partition coefficient (Wildman–Crippen LogP) is 2.28. The lowest BCUT2D eigenvalue weighted by Crippen LogP contribution is -2.78. The molecule has 2 bridgehead atoms. The highest BCUT2D eigenvalue weighted by atomic mass is 31.2. The van der Waals surface area contributed by atoms with E-state index in [9.17, 15) is 4.57 Å². The minimum absolute atomic E-state index is 0.328. The average molecular weight is 309 g/mol. The van der Waals surface area contributed by atoms with E-state index in [1.165, 1.54) is 7.11 Å². The smallest absolute Gasteiger partial charge is 0.312 e. The third kappa shape index (κ3) is 2.03. The average Bonchev–Trinajstić information content (AvgIpc) is 2.78. The lowest BCUT2D eigenvalue weighted by Gasteiger charge is -2.62. The van der Waals surface area contributed by atoms with Crippen LogP contribution in [0.5, 0.6) is 0 Å². The first-order chi connectivity index (χ1) is 10.2. The second-order valence-corrected chi connectivity index (χ2v) is 7.51. The van der Waals surface area contributed by atoms with Crippen molar-refractivity contribution in [1.82, 2.24) is 4.67 Å². The molecule has 0 N–H and O–H groups in total. The van der Waals surface area contributed by atoms with Gasteiger partial charge in [-0.25, -0.2) is 4.67 Å². The van der Waals surface area contributed by atoms with Crippen LogP contribution in [0.1, 0.15) is 5.56 Å². The van der Waals surface area contributed by atoms with Crippen LogP contribution >= 0.6 is 7.52 Å². The lowest BCUT2D eigenvalue weighted by molar-refractivity contribution is -0.743. The molecule has 0 amide bonds. The SMILES string of the molecule is COP1(=O)C=CCN1C(Cc1ccccc1)C12OC(O1)O2. The molecule has 7 heteroatoms. The molecule has 2 atom stereocenters. The van der Waals surface area contributed by atoms with Gasteiger partial charge in [-0.3, -0.25) is 18.8 Å². The Hall–Kier alpha value is -1.01. The highest BCUT2D eigenvalue weighted by Crippen LogP contribution is 2.61. The summed E-state index contributed by atoms with van der Waals surface area (Å²) in [5.74, 6) is 0.511. The number of rotatable bonds is 5. The first-order valence-corrected chi connectivity index (χ1v) is 8.47. The summed E-state index contributed by atoms with van der Waals surface area (Å²) >= 11 is 0. The maximum absolute atomic E-state index is 12.8. The van der Waals surface area contributed by atoms with Crippen molar-refractivity contribution in [2.24, 2.45) is 0 Å². The molecule has 0 saturated carbocycles. The van der Waals surface area contributed by atoms with E-state index in [1.807, 2.05) is 36.4 Å². The van der Waals surface area contributed by atoms with Crippen LogP contribution in [0.4, 0.5) is 0 Å². The molecule has 1 aromatic rings. The van der Waals surface area contributed by atoms with Crippen LogP contribution in [0.15, 0.2) is 42.2 Å². The standard InChI is InChI=1S/C14H16NO5P/c1-17-21(16)9-5-8-15(21)12(14-18-13(19-14)20-14)10-11-6-3-2-4-7-11/h2-7,9,12-13H,8,10H2,1H3. The fraction of sp³-hybridized carbons (Fsp3) is 0.429. The molecule has 3 fully saturated rings. The largest absolute Gasteiger partial charge is 0.318 e. The highest BCUT2D eigenvalue weighted by Gasteiger charge is 2.70. The molecule has 4 aliphatic rings. The van der Waals surface area contributed by atoms with Crippen LogP contribution in [0.25, 0.3) is 0 Å². The Morgan fingerprint density at radius 2 is 2.10 bits per heavy atom. The molecule has 0 aliphatic carbocycles. The topological polar surface area (TPSA) is 57.2 Å². The Morgan fingerprint density at radius 3 is 2.67 bits per heavy atom. The van der Waals surface area contributed by atoms with E-state index in [4.69, 9.17) is 18.7 Å². The number of hydrogen-bond acceptors (Lipinski definition) is 5. The Balaban J connectivity index is 1.63.